The van der Waals surface area contributed by atoms with Crippen molar-refractivity contribution >= 4 is 51.7 Å². The number of carboxylic acid groups (broad SMARTS) is 1. The van der Waals surface area contributed by atoms with Crippen LogP contribution in [0.5, 0.6) is 0 Å². The number of fused-ring (bicyclic) bond motifs is 1. The first-order valence-corrected chi connectivity index (χ1v) is 18.7. The number of thiazole rings is 1. The fraction of sp³-hybridized carbons (Fsp3) is 0.179. The van der Waals surface area contributed by atoms with Gasteiger partial charge >= 0.3 is 12.6 Å². The number of oxime groups is 1. The molecule has 0 bridgehead atoms. The lowest BCUT2D eigenvalue weighted by Crippen LogP contribution is -2.71. The number of benzene rings is 3. The third-order valence-corrected chi connectivity index (χ3v) is 11.1. The number of rotatable bonds is 13. The van der Waals surface area contributed by atoms with Crippen LogP contribution in [0.15, 0.2) is 137 Å². The monoisotopic (exact) mass is 767 g/mol. The molecule has 0 spiro atoms. The van der Waals surface area contributed by atoms with E-state index in [4.69, 9.17) is 0 Å². The highest BCUT2D eigenvalue weighted by Gasteiger charge is 2.55. The Morgan fingerprint density at radius 2 is 1.61 bits per heavy atom. The molecular weight excluding hydrogens is 735 g/mol. The summed E-state index contributed by atoms with van der Waals surface area (Å²) in [6.45, 7) is -1.17. The maximum atomic E-state index is 13.8. The summed E-state index contributed by atoms with van der Waals surface area (Å²) in [7, 11) is 0. The second-order valence-corrected chi connectivity index (χ2v) is 14.5. The first-order chi connectivity index (χ1) is 26.2. The number of aliphatic carboxylic acids is 1. The number of pyridine rings is 1. The highest BCUT2D eigenvalue weighted by molar-refractivity contribution is 8.00. The number of hydrogen-bond donors (Lipinski definition) is 3. The van der Waals surface area contributed by atoms with Crippen LogP contribution in [-0.4, -0.2) is 62.3 Å². The second-order valence-electron chi connectivity index (χ2n) is 12.5. The molecule has 15 heteroatoms. The minimum Gasteiger partial charge on any atom is -0.477 e. The molecule has 0 radical (unpaired) electrons. The first kappa shape index (κ1) is 36.4. The standard InChI is InChI=1S/C39H32F2N6O5S2/c1-24-12-11-19-46(20-24)21-25-22-53-35-31(34(49)47(35)32(25)36(50)51)43-33(48)30(45-52-37(40)41)29-23-54-38(42-29)44-39(26-13-5-2-6-14-26,27-15-7-3-8-16-27)28-17-9-4-10-18-28/h2-20,23,31,35,37H,21-22H2,1H3,(H2-,42,43,44,48,50,51)/p+1/t31?,35-/m0/s1. The van der Waals surface area contributed by atoms with Crippen molar-refractivity contribution in [2.45, 2.75) is 37.0 Å². The van der Waals surface area contributed by atoms with E-state index in [0.717, 1.165) is 38.5 Å². The normalized spacial score (nSPS) is 17.1. The third kappa shape index (κ3) is 7.19. The summed E-state index contributed by atoms with van der Waals surface area (Å²) in [5.74, 6) is -2.63. The second kappa shape index (κ2) is 15.6. The zero-order chi connectivity index (χ0) is 37.8. The summed E-state index contributed by atoms with van der Waals surface area (Å²) >= 11 is 2.41. The molecule has 1 saturated heterocycles. The summed E-state index contributed by atoms with van der Waals surface area (Å²) in [4.78, 5) is 49.7. The fourth-order valence-corrected chi connectivity index (χ4v) is 8.75. The SMILES string of the molecule is Cc1ccc[n+](CC2=C(C(=O)O)N3C(=O)C(NC(=O)C(=NOC(F)F)c4csc(NC(c5ccccc5)(c5ccccc5)c5ccccc5)n4)[C@@H]3SC2)c1. The van der Waals surface area contributed by atoms with E-state index in [9.17, 15) is 28.3 Å². The van der Waals surface area contributed by atoms with Crippen molar-refractivity contribution in [2.75, 3.05) is 11.1 Å². The number of hydrogen-bond acceptors (Lipinski definition) is 9. The molecule has 2 amide bonds. The molecule has 7 rings (SSSR count). The molecule has 0 aliphatic carbocycles. The highest BCUT2D eigenvalue weighted by atomic mass is 32.2. The average molecular weight is 768 g/mol. The number of carbonyl (C=O) groups is 3. The summed E-state index contributed by atoms with van der Waals surface area (Å²) in [6, 6.07) is 31.8. The van der Waals surface area contributed by atoms with Gasteiger partial charge in [-0.2, -0.15) is 8.78 Å². The zero-order valence-electron chi connectivity index (χ0n) is 28.6. The van der Waals surface area contributed by atoms with Gasteiger partial charge in [0.25, 0.3) is 11.8 Å². The Labute approximate surface area is 317 Å². The topological polar surface area (TPSA) is 137 Å². The number of halogens is 2. The number of carbonyl (C=O) groups excluding carboxylic acids is 2. The van der Waals surface area contributed by atoms with Gasteiger partial charge in [0.2, 0.25) is 0 Å². The Morgan fingerprint density at radius 1 is 1.00 bits per heavy atom. The van der Waals surface area contributed by atoms with E-state index in [0.29, 0.717) is 10.7 Å². The molecule has 0 saturated carbocycles. The van der Waals surface area contributed by atoms with Crippen molar-refractivity contribution in [3.8, 4) is 0 Å². The Bertz CT molecular complexity index is 2140. The summed E-state index contributed by atoms with van der Waals surface area (Å²) < 4.78 is 28.4. The van der Waals surface area contributed by atoms with Crippen molar-refractivity contribution in [3.05, 3.63) is 160 Å². The number of amides is 2. The molecule has 3 aromatic carbocycles. The molecule has 5 aromatic rings. The van der Waals surface area contributed by atoms with Gasteiger partial charge in [-0.1, -0.05) is 96.2 Å². The van der Waals surface area contributed by atoms with Crippen molar-refractivity contribution in [1.29, 1.82) is 0 Å². The number of carboxylic acids is 1. The molecule has 274 valence electrons. The van der Waals surface area contributed by atoms with Crippen molar-refractivity contribution in [3.63, 3.8) is 0 Å². The van der Waals surface area contributed by atoms with Gasteiger partial charge in [-0.25, -0.2) is 14.3 Å². The zero-order valence-corrected chi connectivity index (χ0v) is 30.3. The Kier molecular flexibility index (Phi) is 10.5. The van der Waals surface area contributed by atoms with Gasteiger partial charge in [-0.05, 0) is 29.7 Å². The molecular formula is C39H33F2N6O5S2+. The van der Waals surface area contributed by atoms with E-state index in [1.165, 1.54) is 17.1 Å². The predicted octanol–water partition coefficient (Wildman–Crippen LogP) is 5.53. The first-order valence-electron chi connectivity index (χ1n) is 16.7. The highest BCUT2D eigenvalue weighted by Crippen LogP contribution is 2.42. The minimum absolute atomic E-state index is 0.0766. The Hall–Kier alpha value is -5.93. The lowest BCUT2D eigenvalue weighted by Gasteiger charge is -2.49. The molecule has 4 heterocycles. The number of nitrogens with zero attached hydrogens (tertiary/aromatic N) is 4. The average Bonchev–Trinajstić information content (AvgIpc) is 3.64. The van der Waals surface area contributed by atoms with Crippen molar-refractivity contribution in [1.82, 2.24) is 15.2 Å². The molecule has 2 aliphatic rings. The van der Waals surface area contributed by atoms with Gasteiger partial charge < -0.3 is 20.6 Å². The molecule has 2 aromatic heterocycles. The van der Waals surface area contributed by atoms with E-state index in [1.54, 1.807) is 0 Å². The number of nitrogens with one attached hydrogen (secondary N) is 2. The number of β-lactam (4-membered cyclic amide) rings is 1. The summed E-state index contributed by atoms with van der Waals surface area (Å²) in [5, 5.41) is 20.8. The minimum atomic E-state index is -3.34. The molecule has 11 nitrogen and oxygen atoms in total. The van der Waals surface area contributed by atoms with Crippen LogP contribution >= 0.6 is 23.1 Å². The van der Waals surface area contributed by atoms with Crippen molar-refractivity contribution in [2.24, 2.45) is 5.16 Å². The van der Waals surface area contributed by atoms with Crippen LogP contribution < -0.4 is 15.2 Å². The summed E-state index contributed by atoms with van der Waals surface area (Å²) in [6.07, 6.45) is 3.68. The number of anilines is 1. The van der Waals surface area contributed by atoms with Crippen LogP contribution in [-0.2, 0) is 31.3 Å². The van der Waals surface area contributed by atoms with Gasteiger partial charge in [0.1, 0.15) is 28.3 Å². The van der Waals surface area contributed by atoms with E-state index < -0.39 is 47.1 Å². The lowest BCUT2D eigenvalue weighted by atomic mass is 9.77. The van der Waals surface area contributed by atoms with Crippen LogP contribution in [0.2, 0.25) is 0 Å². The maximum absolute atomic E-state index is 13.8. The number of aryl methyl sites for hydroxylation is 1. The van der Waals surface area contributed by atoms with Gasteiger partial charge in [-0.3, -0.25) is 14.5 Å². The van der Waals surface area contributed by atoms with Gasteiger partial charge in [-0.15, -0.1) is 23.1 Å². The van der Waals surface area contributed by atoms with Crippen LogP contribution in [0.1, 0.15) is 27.9 Å². The van der Waals surface area contributed by atoms with Crippen LogP contribution in [0.4, 0.5) is 13.9 Å². The predicted molar refractivity (Wildman–Crippen MR) is 200 cm³/mol. The molecule has 2 atom stereocenters. The van der Waals surface area contributed by atoms with Crippen LogP contribution in [0, 0.1) is 6.92 Å². The van der Waals surface area contributed by atoms with Crippen LogP contribution in [0.3, 0.4) is 0 Å². The Morgan fingerprint density at radius 3 is 2.17 bits per heavy atom. The van der Waals surface area contributed by atoms with Gasteiger partial charge in [0, 0.05) is 28.3 Å². The number of thioether (sulfide) groups is 1. The smallest absolute Gasteiger partial charge is 0.407 e. The van der Waals surface area contributed by atoms with Crippen molar-refractivity contribution < 1.29 is 37.7 Å². The molecule has 1 unspecified atom stereocenters. The Balaban J connectivity index is 1.17. The largest absolute Gasteiger partial charge is 0.477 e. The number of aromatic nitrogens is 2. The van der Waals surface area contributed by atoms with E-state index in [1.807, 2.05) is 127 Å². The third-order valence-electron chi connectivity index (χ3n) is 9.02. The molecule has 1 fully saturated rings. The maximum Gasteiger partial charge on any atom is 0.407 e. The van der Waals surface area contributed by atoms with E-state index in [-0.39, 0.29) is 23.7 Å². The summed E-state index contributed by atoms with van der Waals surface area (Å²) in [5.41, 5.74) is 2.41. The van der Waals surface area contributed by atoms with Gasteiger partial charge in [0.05, 0.1) is 0 Å². The molecule has 54 heavy (non-hydrogen) atoms. The molecule has 2 aliphatic heterocycles. The number of alkyl halides is 2. The fourth-order valence-electron chi connectivity index (χ4n) is 6.66. The van der Waals surface area contributed by atoms with Crippen LogP contribution in [0.25, 0.3) is 0 Å². The van der Waals surface area contributed by atoms with Gasteiger partial charge in [0.15, 0.2) is 29.8 Å². The molecule has 3 N–H and O–H groups in total. The lowest BCUT2D eigenvalue weighted by molar-refractivity contribution is -0.689. The quantitative estimate of drug-likeness (QED) is 0.0469. The van der Waals surface area contributed by atoms with E-state index >= 15 is 0 Å². The van der Waals surface area contributed by atoms with E-state index in [2.05, 4.69) is 25.6 Å².